The molecule has 0 bridgehead atoms. The molecular formula is C28H32ClF3N6O3S. The number of halogens is 4. The van der Waals surface area contributed by atoms with E-state index in [1.165, 1.54) is 13.4 Å². The van der Waals surface area contributed by atoms with Crippen LogP contribution in [0.5, 0.6) is 11.6 Å². The number of benzene rings is 1. The lowest BCUT2D eigenvalue weighted by Gasteiger charge is -2.30. The molecule has 3 heterocycles. The molecule has 14 heteroatoms. The van der Waals surface area contributed by atoms with E-state index >= 15 is 0 Å². The molecular weight excluding hydrogens is 593 g/mol. The fraction of sp³-hybridized carbons (Fsp3) is 0.429. The van der Waals surface area contributed by atoms with E-state index in [1.807, 2.05) is 36.2 Å². The Labute approximate surface area is 251 Å². The van der Waals surface area contributed by atoms with Crippen molar-refractivity contribution in [2.45, 2.75) is 50.2 Å². The zero-order chi connectivity index (χ0) is 29.1. The van der Waals surface area contributed by atoms with Gasteiger partial charge in [0.2, 0.25) is 0 Å². The first kappa shape index (κ1) is 31.7. The fourth-order valence-corrected chi connectivity index (χ4v) is 6.29. The maximum atomic E-state index is 13.0. The summed E-state index contributed by atoms with van der Waals surface area (Å²) >= 11 is 1.05. The third-order valence-corrected chi connectivity index (χ3v) is 8.37. The lowest BCUT2D eigenvalue weighted by molar-refractivity contribution is -0.126. The Hall–Kier alpha value is -3.26. The van der Waals surface area contributed by atoms with Gasteiger partial charge >= 0.3 is 6.18 Å². The van der Waals surface area contributed by atoms with Crippen molar-refractivity contribution in [3.63, 3.8) is 0 Å². The number of thiophene rings is 1. The molecule has 1 aliphatic rings. The summed E-state index contributed by atoms with van der Waals surface area (Å²) in [6.07, 6.45) is -2.33. The molecule has 1 fully saturated rings. The first-order valence-electron chi connectivity index (χ1n) is 13.0. The van der Waals surface area contributed by atoms with Crippen molar-refractivity contribution in [3.05, 3.63) is 53.2 Å². The van der Waals surface area contributed by atoms with Gasteiger partial charge in [-0.1, -0.05) is 24.3 Å². The van der Waals surface area contributed by atoms with Crippen molar-refractivity contribution in [1.29, 1.82) is 0 Å². The first-order chi connectivity index (χ1) is 19.7. The van der Waals surface area contributed by atoms with Crippen LogP contribution in [-0.4, -0.2) is 72.9 Å². The number of fused-ring (bicyclic) bond motifs is 1. The van der Waals surface area contributed by atoms with Crippen LogP contribution < -0.4 is 19.7 Å². The van der Waals surface area contributed by atoms with E-state index in [-0.39, 0.29) is 35.5 Å². The van der Waals surface area contributed by atoms with Crippen LogP contribution in [0.1, 0.15) is 23.3 Å². The smallest absolute Gasteiger partial charge is 0.393 e. The number of methoxy groups -OCH3 is 3. The standard InChI is InChI=1S/C28H31F3N6O3S.ClH/c1-37(25-20-11-19(13-28(29,30)31)41-27(20)34-15-33-25)22-9-18(10-23(22)38-2)32-14-16-5-7-17(8-6-16)21-12-24(39-3)26(40-4)36-35-21;/h5-8,11-12,15,18,22-23,32H,9-10,13-14H2,1-4H3;1H. The molecule has 42 heavy (non-hydrogen) atoms. The SMILES string of the molecule is COc1cc(-c2ccc(CNC3CC(OC)C(N(C)c4ncnc5sc(CC(F)(F)F)cc45)C3)cc2)nnc1OC.Cl. The summed E-state index contributed by atoms with van der Waals surface area (Å²) in [4.78, 5) is 11.4. The van der Waals surface area contributed by atoms with Crippen molar-refractivity contribution in [1.82, 2.24) is 25.5 Å². The molecule has 1 N–H and O–H groups in total. The van der Waals surface area contributed by atoms with Gasteiger partial charge in [0.1, 0.15) is 17.0 Å². The fourth-order valence-electron chi connectivity index (χ4n) is 5.27. The highest BCUT2D eigenvalue weighted by Crippen LogP contribution is 2.36. The number of ether oxygens (including phenoxy) is 3. The van der Waals surface area contributed by atoms with Gasteiger partial charge in [-0.2, -0.15) is 13.2 Å². The number of nitrogens with one attached hydrogen (secondary N) is 1. The second-order valence-electron chi connectivity index (χ2n) is 9.93. The molecule has 3 aromatic heterocycles. The van der Waals surface area contributed by atoms with Crippen LogP contribution in [0.3, 0.4) is 0 Å². The molecule has 226 valence electrons. The molecule has 0 aliphatic heterocycles. The molecule has 3 unspecified atom stereocenters. The molecule has 0 spiro atoms. The minimum absolute atomic E-state index is 0. The summed E-state index contributed by atoms with van der Waals surface area (Å²) in [6.45, 7) is 0.665. The van der Waals surface area contributed by atoms with Crippen molar-refractivity contribution < 1.29 is 27.4 Å². The van der Waals surface area contributed by atoms with Crippen LogP contribution in [0.15, 0.2) is 42.7 Å². The number of nitrogens with zero attached hydrogens (tertiary/aromatic N) is 5. The quantitative estimate of drug-likeness (QED) is 0.247. The number of hydrogen-bond donors (Lipinski definition) is 1. The van der Waals surface area contributed by atoms with E-state index in [2.05, 4.69) is 25.5 Å². The first-order valence-corrected chi connectivity index (χ1v) is 13.8. The summed E-state index contributed by atoms with van der Waals surface area (Å²) in [5.74, 6) is 1.46. The van der Waals surface area contributed by atoms with Crippen molar-refractivity contribution in [3.8, 4) is 22.9 Å². The van der Waals surface area contributed by atoms with Gasteiger partial charge in [-0.25, -0.2) is 9.97 Å². The Bertz CT molecular complexity index is 1490. The van der Waals surface area contributed by atoms with Crippen LogP contribution >= 0.6 is 23.7 Å². The van der Waals surface area contributed by atoms with Crippen molar-refractivity contribution >= 4 is 39.8 Å². The molecule has 0 saturated heterocycles. The minimum atomic E-state index is -4.27. The molecule has 9 nitrogen and oxygen atoms in total. The largest absolute Gasteiger partial charge is 0.491 e. The number of rotatable bonds is 10. The molecule has 1 aliphatic carbocycles. The highest BCUT2D eigenvalue weighted by atomic mass is 35.5. The average molecular weight is 625 g/mol. The molecule has 5 rings (SSSR count). The normalized spacial score (nSPS) is 18.6. The Morgan fingerprint density at radius 2 is 1.79 bits per heavy atom. The van der Waals surface area contributed by atoms with E-state index in [0.29, 0.717) is 39.9 Å². The van der Waals surface area contributed by atoms with E-state index in [9.17, 15) is 13.2 Å². The Kier molecular flexibility index (Phi) is 10.1. The third-order valence-electron chi connectivity index (χ3n) is 7.33. The highest BCUT2D eigenvalue weighted by Gasteiger charge is 2.38. The van der Waals surface area contributed by atoms with Crippen molar-refractivity contribution in [2.24, 2.45) is 0 Å². The van der Waals surface area contributed by atoms with Crippen LogP contribution in [0.25, 0.3) is 21.5 Å². The van der Waals surface area contributed by atoms with Gasteiger partial charge in [-0.15, -0.1) is 33.9 Å². The monoisotopic (exact) mass is 624 g/mol. The zero-order valence-corrected chi connectivity index (χ0v) is 25.1. The number of anilines is 1. The van der Waals surface area contributed by atoms with E-state index in [1.54, 1.807) is 26.4 Å². The summed E-state index contributed by atoms with van der Waals surface area (Å²) in [5, 5.41) is 12.6. The van der Waals surface area contributed by atoms with Crippen LogP contribution in [0, 0.1) is 0 Å². The van der Waals surface area contributed by atoms with E-state index in [0.717, 1.165) is 35.3 Å². The molecule has 1 saturated carbocycles. The van der Waals surface area contributed by atoms with Gasteiger partial charge in [-0.3, -0.25) is 0 Å². The second kappa shape index (κ2) is 13.4. The molecule has 3 atom stereocenters. The van der Waals surface area contributed by atoms with Crippen LogP contribution in [0.2, 0.25) is 0 Å². The minimum Gasteiger partial charge on any atom is -0.491 e. The number of hydrogen-bond acceptors (Lipinski definition) is 10. The van der Waals surface area contributed by atoms with Gasteiger partial charge in [0, 0.05) is 43.3 Å². The predicted octanol–water partition coefficient (Wildman–Crippen LogP) is 5.46. The number of aromatic nitrogens is 4. The second-order valence-corrected chi connectivity index (χ2v) is 11.0. The van der Waals surface area contributed by atoms with Crippen LogP contribution in [0.4, 0.5) is 19.0 Å². The number of alkyl halides is 3. The van der Waals surface area contributed by atoms with Gasteiger partial charge in [0.25, 0.3) is 5.88 Å². The molecule has 1 aromatic carbocycles. The molecule has 4 aromatic rings. The van der Waals surface area contributed by atoms with Gasteiger partial charge in [0.05, 0.1) is 43.9 Å². The van der Waals surface area contributed by atoms with Gasteiger partial charge in [0.15, 0.2) is 5.75 Å². The molecule has 0 amide bonds. The van der Waals surface area contributed by atoms with E-state index < -0.39 is 12.6 Å². The maximum absolute atomic E-state index is 13.0. The Morgan fingerprint density at radius 3 is 2.45 bits per heavy atom. The summed E-state index contributed by atoms with van der Waals surface area (Å²) in [7, 11) is 6.67. The van der Waals surface area contributed by atoms with Gasteiger partial charge < -0.3 is 24.4 Å². The maximum Gasteiger partial charge on any atom is 0.393 e. The third kappa shape index (κ3) is 7.02. The summed E-state index contributed by atoms with van der Waals surface area (Å²) in [5.41, 5.74) is 2.70. The Balaban J connectivity index is 0.00000405. The summed E-state index contributed by atoms with van der Waals surface area (Å²) < 4.78 is 55.3. The number of likely N-dealkylation sites (N-methyl/N-ethyl adjacent to an activating group) is 1. The predicted molar refractivity (Wildman–Crippen MR) is 158 cm³/mol. The lowest BCUT2D eigenvalue weighted by Crippen LogP contribution is -2.39. The zero-order valence-electron chi connectivity index (χ0n) is 23.5. The summed E-state index contributed by atoms with van der Waals surface area (Å²) in [6, 6.07) is 11.6. The Morgan fingerprint density at radius 1 is 1.02 bits per heavy atom. The topological polar surface area (TPSA) is 94.5 Å². The molecule has 0 radical (unpaired) electrons. The average Bonchev–Trinajstić information content (AvgIpc) is 3.57. The highest BCUT2D eigenvalue weighted by molar-refractivity contribution is 7.18. The lowest BCUT2D eigenvalue weighted by atomic mass is 10.1. The van der Waals surface area contributed by atoms with Crippen LogP contribution in [-0.2, 0) is 17.7 Å². The van der Waals surface area contributed by atoms with E-state index in [4.69, 9.17) is 14.2 Å². The van der Waals surface area contributed by atoms with Gasteiger partial charge in [-0.05, 0) is 24.5 Å². The van der Waals surface area contributed by atoms with Crippen molar-refractivity contribution in [2.75, 3.05) is 33.3 Å².